The lowest BCUT2D eigenvalue weighted by Gasteiger charge is -2.15. The Morgan fingerprint density at radius 3 is 1.88 bits per heavy atom. The van der Waals surface area contributed by atoms with Crippen LogP contribution in [0.5, 0.6) is 5.75 Å². The number of pyridine rings is 1. The van der Waals surface area contributed by atoms with Crippen molar-refractivity contribution >= 4 is 45.2 Å². The van der Waals surface area contributed by atoms with Crippen LogP contribution in [0, 0.1) is 0 Å². The Kier molecular flexibility index (Phi) is 6.06. The van der Waals surface area contributed by atoms with Crippen molar-refractivity contribution in [1.82, 2.24) is 4.57 Å². The van der Waals surface area contributed by atoms with E-state index < -0.39 is 0 Å². The van der Waals surface area contributed by atoms with Gasteiger partial charge in [0, 0.05) is 26.3 Å². The molecule has 6 heteroatoms. The zero-order valence-corrected chi connectivity index (χ0v) is 19.3. The number of aromatic nitrogens is 1. The number of rotatable bonds is 6. The van der Waals surface area contributed by atoms with Crippen molar-refractivity contribution in [1.29, 1.82) is 0 Å². The third-order valence-electron chi connectivity index (χ3n) is 5.61. The molecule has 0 unspecified atom stereocenters. The summed E-state index contributed by atoms with van der Waals surface area (Å²) >= 11 is 1.64. The molecule has 1 aromatic heterocycles. The third kappa shape index (κ3) is 4.40. The Hall–Kier alpha value is -4.03. The van der Waals surface area contributed by atoms with Crippen molar-refractivity contribution in [2.75, 3.05) is 12.4 Å². The number of ether oxygens (including phenoxy) is 1. The van der Waals surface area contributed by atoms with E-state index in [9.17, 15) is 9.59 Å². The maximum atomic E-state index is 13.0. The first-order valence-electron chi connectivity index (χ1n) is 10.8. The number of methoxy groups -OCH3 is 1. The quantitative estimate of drug-likeness (QED) is 0.314. The van der Waals surface area contributed by atoms with Crippen LogP contribution < -0.4 is 15.5 Å². The van der Waals surface area contributed by atoms with Crippen LogP contribution in [0.1, 0.15) is 0 Å². The Morgan fingerprint density at radius 1 is 0.794 bits per heavy atom. The summed E-state index contributed by atoms with van der Waals surface area (Å²) in [7, 11) is 1.65. The molecule has 0 aliphatic heterocycles. The molecule has 0 saturated carbocycles. The van der Waals surface area contributed by atoms with Gasteiger partial charge < -0.3 is 14.6 Å². The summed E-state index contributed by atoms with van der Waals surface area (Å²) in [5, 5.41) is 4.19. The Morgan fingerprint density at radius 2 is 1.32 bits per heavy atom. The molecule has 0 bridgehead atoms. The van der Waals surface area contributed by atoms with E-state index in [0.29, 0.717) is 10.8 Å². The maximum Gasteiger partial charge on any atom is 0.244 e. The SMILES string of the molecule is COc1ccc(Sc2ccc(NC(=O)Cn3c4ccccc4c(=O)c4ccccc43)cc2)cc1. The highest BCUT2D eigenvalue weighted by Gasteiger charge is 2.13. The predicted molar refractivity (Wildman–Crippen MR) is 138 cm³/mol. The van der Waals surface area contributed by atoms with Gasteiger partial charge in [-0.2, -0.15) is 0 Å². The van der Waals surface area contributed by atoms with Crippen LogP contribution in [-0.2, 0) is 11.3 Å². The molecule has 0 aliphatic rings. The molecular weight excluding hydrogens is 444 g/mol. The zero-order chi connectivity index (χ0) is 23.5. The standard InChI is InChI=1S/C28H22N2O3S/c1-33-20-12-16-22(17-13-20)34-21-14-10-19(11-15-21)29-27(31)18-30-25-8-4-2-6-23(25)28(32)24-7-3-5-9-26(24)30/h2-17H,18H2,1H3,(H,29,31). The third-order valence-corrected chi connectivity index (χ3v) is 6.63. The summed E-state index contributed by atoms with van der Waals surface area (Å²) in [5.41, 5.74) is 2.19. The molecule has 0 saturated heterocycles. The van der Waals surface area contributed by atoms with E-state index in [2.05, 4.69) is 5.32 Å². The first-order valence-corrected chi connectivity index (χ1v) is 11.7. The highest BCUT2D eigenvalue weighted by atomic mass is 32.2. The fourth-order valence-electron chi connectivity index (χ4n) is 3.98. The van der Waals surface area contributed by atoms with Gasteiger partial charge in [0.2, 0.25) is 5.91 Å². The summed E-state index contributed by atoms with van der Waals surface area (Å²) in [6, 6.07) is 30.4. The first-order chi connectivity index (χ1) is 16.6. The number of carbonyl (C=O) groups excluding carboxylic acids is 1. The van der Waals surface area contributed by atoms with Crippen LogP contribution in [0.4, 0.5) is 5.69 Å². The Labute approximate surface area is 201 Å². The molecule has 5 aromatic rings. The zero-order valence-electron chi connectivity index (χ0n) is 18.5. The molecule has 1 N–H and O–H groups in total. The van der Waals surface area contributed by atoms with E-state index in [-0.39, 0.29) is 17.9 Å². The van der Waals surface area contributed by atoms with Crippen LogP contribution in [-0.4, -0.2) is 17.6 Å². The average Bonchev–Trinajstić information content (AvgIpc) is 2.88. The largest absolute Gasteiger partial charge is 0.497 e. The highest BCUT2D eigenvalue weighted by Crippen LogP contribution is 2.30. The van der Waals surface area contributed by atoms with E-state index in [1.54, 1.807) is 31.0 Å². The number of anilines is 1. The number of benzene rings is 4. The molecule has 168 valence electrons. The summed E-state index contributed by atoms with van der Waals surface area (Å²) in [6.45, 7) is 0.101. The van der Waals surface area contributed by atoms with Gasteiger partial charge in [-0.25, -0.2) is 0 Å². The Bertz CT molecular complexity index is 1480. The Balaban J connectivity index is 1.35. The molecule has 0 atom stereocenters. The van der Waals surface area contributed by atoms with Gasteiger partial charge in [0.05, 0.1) is 18.1 Å². The summed E-state index contributed by atoms with van der Waals surface area (Å²) in [5.74, 6) is 0.667. The lowest BCUT2D eigenvalue weighted by Crippen LogP contribution is -2.21. The lowest BCUT2D eigenvalue weighted by atomic mass is 10.1. The maximum absolute atomic E-state index is 13.0. The number of para-hydroxylation sites is 2. The minimum atomic E-state index is -0.158. The van der Waals surface area contributed by atoms with Gasteiger partial charge in [0.25, 0.3) is 0 Å². The number of hydrogen-bond acceptors (Lipinski definition) is 4. The minimum Gasteiger partial charge on any atom is -0.497 e. The van der Waals surface area contributed by atoms with E-state index in [4.69, 9.17) is 4.74 Å². The molecular formula is C28H22N2O3S. The van der Waals surface area contributed by atoms with Crippen LogP contribution in [0.2, 0.25) is 0 Å². The van der Waals surface area contributed by atoms with Crippen molar-refractivity contribution in [3.63, 3.8) is 0 Å². The predicted octanol–water partition coefficient (Wildman–Crippen LogP) is 5.95. The van der Waals surface area contributed by atoms with Gasteiger partial charge in [-0.15, -0.1) is 0 Å². The molecule has 34 heavy (non-hydrogen) atoms. The van der Waals surface area contributed by atoms with Gasteiger partial charge in [-0.3, -0.25) is 9.59 Å². The normalized spacial score (nSPS) is 11.0. The van der Waals surface area contributed by atoms with E-state index in [1.807, 2.05) is 89.5 Å². The minimum absolute atomic E-state index is 0.0205. The van der Waals surface area contributed by atoms with E-state index in [1.165, 1.54) is 0 Å². The van der Waals surface area contributed by atoms with Crippen molar-refractivity contribution < 1.29 is 9.53 Å². The lowest BCUT2D eigenvalue weighted by molar-refractivity contribution is -0.116. The summed E-state index contributed by atoms with van der Waals surface area (Å²) in [6.07, 6.45) is 0. The van der Waals surface area contributed by atoms with Gasteiger partial charge in [0.15, 0.2) is 5.43 Å². The molecule has 5 rings (SSSR count). The summed E-state index contributed by atoms with van der Waals surface area (Å²) in [4.78, 5) is 28.0. The number of nitrogens with zero attached hydrogens (tertiary/aromatic N) is 1. The fraction of sp³-hybridized carbons (Fsp3) is 0.0714. The van der Waals surface area contributed by atoms with Gasteiger partial charge in [-0.1, -0.05) is 36.0 Å². The number of carbonyl (C=O) groups is 1. The first kappa shape index (κ1) is 21.8. The van der Waals surface area contributed by atoms with Crippen LogP contribution in [0.15, 0.2) is 112 Å². The molecule has 1 heterocycles. The second-order valence-corrected chi connectivity index (χ2v) is 8.95. The van der Waals surface area contributed by atoms with Crippen molar-refractivity contribution in [3.05, 3.63) is 107 Å². The number of nitrogens with one attached hydrogen (secondary N) is 1. The second-order valence-electron chi connectivity index (χ2n) is 7.80. The smallest absolute Gasteiger partial charge is 0.244 e. The van der Waals surface area contributed by atoms with Crippen LogP contribution in [0.3, 0.4) is 0 Å². The summed E-state index contributed by atoms with van der Waals surface area (Å²) < 4.78 is 7.10. The van der Waals surface area contributed by atoms with Crippen molar-refractivity contribution in [3.8, 4) is 5.75 Å². The highest BCUT2D eigenvalue weighted by molar-refractivity contribution is 7.99. The number of fused-ring (bicyclic) bond motifs is 2. The average molecular weight is 467 g/mol. The fourth-order valence-corrected chi connectivity index (χ4v) is 4.79. The topological polar surface area (TPSA) is 60.3 Å². The molecule has 1 amide bonds. The molecule has 0 fully saturated rings. The van der Waals surface area contributed by atoms with Gasteiger partial charge in [0.1, 0.15) is 12.3 Å². The van der Waals surface area contributed by atoms with Crippen LogP contribution >= 0.6 is 11.8 Å². The van der Waals surface area contributed by atoms with Crippen molar-refractivity contribution in [2.45, 2.75) is 16.3 Å². The monoisotopic (exact) mass is 466 g/mol. The molecule has 0 spiro atoms. The molecule has 5 nitrogen and oxygen atoms in total. The molecule has 4 aromatic carbocycles. The number of amides is 1. The van der Waals surface area contributed by atoms with E-state index in [0.717, 1.165) is 32.3 Å². The second kappa shape index (κ2) is 9.45. The van der Waals surface area contributed by atoms with Gasteiger partial charge >= 0.3 is 0 Å². The van der Waals surface area contributed by atoms with E-state index >= 15 is 0 Å². The number of hydrogen-bond donors (Lipinski definition) is 1. The molecule has 0 aliphatic carbocycles. The molecule has 0 radical (unpaired) electrons. The van der Waals surface area contributed by atoms with Crippen molar-refractivity contribution in [2.24, 2.45) is 0 Å². The van der Waals surface area contributed by atoms with Crippen LogP contribution in [0.25, 0.3) is 21.8 Å². The van der Waals surface area contributed by atoms with Gasteiger partial charge in [-0.05, 0) is 72.8 Å².